The molecular formula is C15H15N5O2S. The van der Waals surface area contributed by atoms with E-state index in [1.165, 1.54) is 11.3 Å². The Balaban J connectivity index is 1.62. The van der Waals surface area contributed by atoms with E-state index >= 15 is 0 Å². The van der Waals surface area contributed by atoms with Gasteiger partial charge < -0.3 is 9.42 Å². The highest BCUT2D eigenvalue weighted by Gasteiger charge is 2.16. The molecule has 3 rings (SSSR count). The first-order valence-electron chi connectivity index (χ1n) is 7.00. The summed E-state index contributed by atoms with van der Waals surface area (Å²) in [4.78, 5) is 26.3. The lowest BCUT2D eigenvalue weighted by molar-refractivity contribution is -0.130. The summed E-state index contributed by atoms with van der Waals surface area (Å²) in [6, 6.07) is 3.65. The Morgan fingerprint density at radius 2 is 2.26 bits per heavy atom. The zero-order chi connectivity index (χ0) is 16.2. The minimum atomic E-state index is -0.0450. The first kappa shape index (κ1) is 15.3. The molecule has 0 spiro atoms. The predicted molar refractivity (Wildman–Crippen MR) is 84.6 cm³/mol. The second-order valence-corrected chi connectivity index (χ2v) is 6.10. The number of nitrogens with zero attached hydrogens (tertiary/aromatic N) is 5. The van der Waals surface area contributed by atoms with Crippen LogP contribution in [-0.4, -0.2) is 38.0 Å². The maximum atomic E-state index is 12.2. The number of hydrogen-bond acceptors (Lipinski definition) is 7. The van der Waals surface area contributed by atoms with Crippen LogP contribution in [0.15, 0.2) is 34.4 Å². The Hall–Kier alpha value is -2.61. The molecular weight excluding hydrogens is 314 g/mol. The molecule has 0 unspecified atom stereocenters. The molecule has 3 aromatic rings. The van der Waals surface area contributed by atoms with Crippen LogP contribution in [-0.2, 0) is 17.8 Å². The molecule has 7 nitrogen and oxygen atoms in total. The molecule has 0 saturated carbocycles. The molecule has 0 aliphatic heterocycles. The van der Waals surface area contributed by atoms with Gasteiger partial charge in [0.1, 0.15) is 0 Å². The van der Waals surface area contributed by atoms with Crippen molar-refractivity contribution in [2.75, 3.05) is 7.05 Å². The molecule has 0 fully saturated rings. The Morgan fingerprint density at radius 3 is 2.96 bits per heavy atom. The SMILES string of the molecule is Cc1nc(CC(=O)N(C)Cc2nc(-c3cccnc3)no2)cs1. The van der Waals surface area contributed by atoms with Gasteiger partial charge in [0.05, 0.1) is 23.7 Å². The second-order valence-electron chi connectivity index (χ2n) is 5.04. The molecule has 0 saturated heterocycles. The summed E-state index contributed by atoms with van der Waals surface area (Å²) in [7, 11) is 1.70. The summed E-state index contributed by atoms with van der Waals surface area (Å²) in [5, 5.41) is 6.76. The van der Waals surface area contributed by atoms with E-state index in [0.29, 0.717) is 11.7 Å². The molecule has 3 heterocycles. The third-order valence-corrected chi connectivity index (χ3v) is 4.01. The lowest BCUT2D eigenvalue weighted by Gasteiger charge is -2.13. The zero-order valence-electron chi connectivity index (χ0n) is 12.8. The highest BCUT2D eigenvalue weighted by Crippen LogP contribution is 2.15. The first-order chi connectivity index (χ1) is 11.1. The summed E-state index contributed by atoms with van der Waals surface area (Å²) in [6.45, 7) is 2.18. The fourth-order valence-corrected chi connectivity index (χ4v) is 2.61. The molecule has 8 heteroatoms. The normalized spacial score (nSPS) is 10.7. The summed E-state index contributed by atoms with van der Waals surface area (Å²) in [5.74, 6) is 0.801. The van der Waals surface area contributed by atoms with Crippen LogP contribution < -0.4 is 0 Å². The maximum Gasteiger partial charge on any atom is 0.246 e. The lowest BCUT2D eigenvalue weighted by atomic mass is 10.3. The zero-order valence-corrected chi connectivity index (χ0v) is 13.6. The van der Waals surface area contributed by atoms with Crippen LogP contribution in [0.25, 0.3) is 11.4 Å². The smallest absolute Gasteiger partial charge is 0.246 e. The Bertz CT molecular complexity index is 799. The van der Waals surface area contributed by atoms with Crippen LogP contribution in [0.5, 0.6) is 0 Å². The molecule has 0 aromatic carbocycles. The molecule has 0 bridgehead atoms. The minimum absolute atomic E-state index is 0.0450. The quantitative estimate of drug-likeness (QED) is 0.712. The fourth-order valence-electron chi connectivity index (χ4n) is 2.00. The standard InChI is InChI=1S/C15H15N5O2S/c1-10-17-12(9-23-10)6-14(21)20(2)8-13-18-15(19-22-13)11-4-3-5-16-7-11/h3-5,7,9H,6,8H2,1-2H3. The second kappa shape index (κ2) is 6.66. The number of likely N-dealkylation sites (N-methyl/N-ethyl adjacent to an activating group) is 1. The van der Waals surface area contributed by atoms with E-state index in [9.17, 15) is 4.79 Å². The molecule has 0 atom stereocenters. The average Bonchev–Trinajstić information content (AvgIpc) is 3.17. The number of pyridine rings is 1. The fraction of sp³-hybridized carbons (Fsp3) is 0.267. The average molecular weight is 329 g/mol. The summed E-state index contributed by atoms with van der Waals surface area (Å²) >= 11 is 1.53. The number of carbonyl (C=O) groups excluding carboxylic acids is 1. The van der Waals surface area contributed by atoms with Gasteiger partial charge in [-0.2, -0.15) is 4.98 Å². The van der Waals surface area contributed by atoms with Gasteiger partial charge in [-0.05, 0) is 19.1 Å². The Labute approximate surface area is 137 Å². The van der Waals surface area contributed by atoms with E-state index in [1.807, 2.05) is 18.4 Å². The van der Waals surface area contributed by atoms with Gasteiger partial charge in [-0.1, -0.05) is 5.16 Å². The van der Waals surface area contributed by atoms with E-state index in [1.54, 1.807) is 30.4 Å². The number of hydrogen-bond donors (Lipinski definition) is 0. The maximum absolute atomic E-state index is 12.2. The van der Waals surface area contributed by atoms with Gasteiger partial charge in [0.2, 0.25) is 17.6 Å². The number of amides is 1. The third-order valence-electron chi connectivity index (χ3n) is 3.18. The van der Waals surface area contributed by atoms with Gasteiger partial charge in [-0.25, -0.2) is 4.98 Å². The molecule has 118 valence electrons. The van der Waals surface area contributed by atoms with E-state index in [4.69, 9.17) is 4.52 Å². The van der Waals surface area contributed by atoms with E-state index in [-0.39, 0.29) is 18.9 Å². The van der Waals surface area contributed by atoms with Crippen LogP contribution in [0.1, 0.15) is 16.6 Å². The van der Waals surface area contributed by atoms with Gasteiger partial charge in [0.25, 0.3) is 0 Å². The van der Waals surface area contributed by atoms with Crippen molar-refractivity contribution in [1.82, 2.24) is 25.0 Å². The van der Waals surface area contributed by atoms with Crippen molar-refractivity contribution in [3.8, 4) is 11.4 Å². The van der Waals surface area contributed by atoms with E-state index in [2.05, 4.69) is 20.1 Å². The number of aromatic nitrogens is 4. The van der Waals surface area contributed by atoms with E-state index < -0.39 is 0 Å². The molecule has 3 aromatic heterocycles. The molecule has 0 N–H and O–H groups in total. The number of thiazole rings is 1. The molecule has 0 radical (unpaired) electrons. The van der Waals surface area contributed by atoms with Crippen LogP contribution in [0, 0.1) is 6.92 Å². The highest BCUT2D eigenvalue weighted by atomic mass is 32.1. The van der Waals surface area contributed by atoms with Crippen LogP contribution in [0.4, 0.5) is 0 Å². The molecule has 0 aliphatic rings. The predicted octanol–water partition coefficient (Wildman–Crippen LogP) is 2.10. The van der Waals surface area contributed by atoms with Crippen LogP contribution in [0.3, 0.4) is 0 Å². The van der Waals surface area contributed by atoms with Crippen molar-refractivity contribution in [2.24, 2.45) is 0 Å². The monoisotopic (exact) mass is 329 g/mol. The van der Waals surface area contributed by atoms with Crippen molar-refractivity contribution >= 4 is 17.2 Å². The van der Waals surface area contributed by atoms with Crippen molar-refractivity contribution in [2.45, 2.75) is 19.9 Å². The third kappa shape index (κ3) is 3.78. The number of carbonyl (C=O) groups is 1. The van der Waals surface area contributed by atoms with Gasteiger partial charge in [0, 0.05) is 30.4 Å². The van der Waals surface area contributed by atoms with Crippen molar-refractivity contribution in [3.05, 3.63) is 46.5 Å². The summed E-state index contributed by atoms with van der Waals surface area (Å²) < 4.78 is 5.20. The Morgan fingerprint density at radius 1 is 1.39 bits per heavy atom. The minimum Gasteiger partial charge on any atom is -0.337 e. The number of rotatable bonds is 5. The highest BCUT2D eigenvalue weighted by molar-refractivity contribution is 7.09. The molecule has 23 heavy (non-hydrogen) atoms. The van der Waals surface area contributed by atoms with Crippen LogP contribution >= 0.6 is 11.3 Å². The topological polar surface area (TPSA) is 85.0 Å². The molecule has 0 aliphatic carbocycles. The summed E-state index contributed by atoms with van der Waals surface area (Å²) in [6.07, 6.45) is 3.61. The van der Waals surface area contributed by atoms with Crippen molar-refractivity contribution in [1.29, 1.82) is 0 Å². The largest absolute Gasteiger partial charge is 0.337 e. The van der Waals surface area contributed by atoms with Gasteiger partial charge in [-0.15, -0.1) is 11.3 Å². The Kier molecular flexibility index (Phi) is 4.42. The van der Waals surface area contributed by atoms with Gasteiger partial charge in [0.15, 0.2) is 0 Å². The molecule has 1 amide bonds. The van der Waals surface area contributed by atoms with Crippen molar-refractivity contribution < 1.29 is 9.32 Å². The van der Waals surface area contributed by atoms with Crippen molar-refractivity contribution in [3.63, 3.8) is 0 Å². The van der Waals surface area contributed by atoms with Gasteiger partial charge >= 0.3 is 0 Å². The van der Waals surface area contributed by atoms with Gasteiger partial charge in [-0.3, -0.25) is 9.78 Å². The summed E-state index contributed by atoms with van der Waals surface area (Å²) in [5.41, 5.74) is 1.56. The number of aryl methyl sites for hydroxylation is 1. The lowest BCUT2D eigenvalue weighted by Crippen LogP contribution is -2.28. The van der Waals surface area contributed by atoms with Crippen LogP contribution in [0.2, 0.25) is 0 Å². The van der Waals surface area contributed by atoms with E-state index in [0.717, 1.165) is 16.3 Å². The first-order valence-corrected chi connectivity index (χ1v) is 7.88.